The molecule has 0 radical (unpaired) electrons. The van der Waals surface area contributed by atoms with Gasteiger partial charge in [0.1, 0.15) is 18.1 Å². The maximum Gasteiger partial charge on any atom is 0.356 e. The van der Waals surface area contributed by atoms with Crippen LogP contribution in [0.3, 0.4) is 0 Å². The van der Waals surface area contributed by atoms with E-state index in [2.05, 4.69) is 4.98 Å². The minimum Gasteiger partial charge on any atom is -0.496 e. The van der Waals surface area contributed by atoms with Crippen LogP contribution in [0.5, 0.6) is 11.5 Å². The standard InChI is InChI=1S/C19H17NO4/c1-22-18-11-17(19(21)23-2)20-16-9-8-14(10-15(16)18)24-12-13-6-4-3-5-7-13/h3-11H,12H2,1-2H3. The summed E-state index contributed by atoms with van der Waals surface area (Å²) < 4.78 is 15.9. The zero-order valence-electron chi connectivity index (χ0n) is 13.5. The highest BCUT2D eigenvalue weighted by molar-refractivity contribution is 5.94. The molecule has 0 spiro atoms. The van der Waals surface area contributed by atoms with Crippen LogP contribution in [0, 0.1) is 0 Å². The third-order valence-electron chi connectivity index (χ3n) is 3.60. The Kier molecular flexibility index (Phi) is 4.61. The van der Waals surface area contributed by atoms with Gasteiger partial charge in [-0.15, -0.1) is 0 Å². The molecule has 0 amide bonds. The summed E-state index contributed by atoms with van der Waals surface area (Å²) in [5.74, 6) is 0.752. The number of methoxy groups -OCH3 is 2. The fraction of sp³-hybridized carbons (Fsp3) is 0.158. The van der Waals surface area contributed by atoms with Gasteiger partial charge in [0.05, 0.1) is 19.7 Å². The molecule has 0 aliphatic carbocycles. The van der Waals surface area contributed by atoms with Crippen molar-refractivity contribution < 1.29 is 19.0 Å². The minimum atomic E-state index is -0.500. The van der Waals surface area contributed by atoms with Crippen molar-refractivity contribution in [1.29, 1.82) is 0 Å². The molecular weight excluding hydrogens is 306 g/mol. The van der Waals surface area contributed by atoms with Crippen LogP contribution in [-0.2, 0) is 11.3 Å². The van der Waals surface area contributed by atoms with Crippen molar-refractivity contribution in [3.05, 3.63) is 65.9 Å². The van der Waals surface area contributed by atoms with Crippen molar-refractivity contribution in [2.24, 2.45) is 0 Å². The Hall–Kier alpha value is -3.08. The number of carbonyl (C=O) groups is 1. The Morgan fingerprint density at radius 1 is 1.04 bits per heavy atom. The number of fused-ring (bicyclic) bond motifs is 1. The van der Waals surface area contributed by atoms with Gasteiger partial charge in [-0.2, -0.15) is 0 Å². The number of pyridine rings is 1. The largest absolute Gasteiger partial charge is 0.496 e. The molecule has 0 aliphatic rings. The number of ether oxygens (including phenoxy) is 3. The van der Waals surface area contributed by atoms with E-state index < -0.39 is 5.97 Å². The summed E-state index contributed by atoms with van der Waals surface area (Å²) in [5, 5.41) is 0.774. The molecule has 0 N–H and O–H groups in total. The molecule has 0 saturated carbocycles. The summed E-state index contributed by atoms with van der Waals surface area (Å²) in [6.07, 6.45) is 0. The van der Waals surface area contributed by atoms with Crippen LogP contribution in [0.2, 0.25) is 0 Å². The van der Waals surface area contributed by atoms with E-state index in [4.69, 9.17) is 14.2 Å². The van der Waals surface area contributed by atoms with E-state index in [-0.39, 0.29) is 5.69 Å². The molecule has 122 valence electrons. The second-order valence-electron chi connectivity index (χ2n) is 5.15. The van der Waals surface area contributed by atoms with Gasteiger partial charge in [0.15, 0.2) is 5.69 Å². The first-order valence-electron chi connectivity index (χ1n) is 7.45. The molecule has 1 heterocycles. The minimum absolute atomic E-state index is 0.208. The summed E-state index contributed by atoms with van der Waals surface area (Å²) in [5.41, 5.74) is 1.94. The predicted molar refractivity (Wildman–Crippen MR) is 90.4 cm³/mol. The van der Waals surface area contributed by atoms with Crippen LogP contribution in [-0.4, -0.2) is 25.2 Å². The lowest BCUT2D eigenvalue weighted by Gasteiger charge is -2.10. The highest BCUT2D eigenvalue weighted by Crippen LogP contribution is 2.29. The molecule has 1 aromatic heterocycles. The Labute approximate surface area is 139 Å². The monoisotopic (exact) mass is 323 g/mol. The van der Waals surface area contributed by atoms with Gasteiger partial charge >= 0.3 is 5.97 Å². The van der Waals surface area contributed by atoms with E-state index in [1.807, 2.05) is 42.5 Å². The van der Waals surface area contributed by atoms with Crippen LogP contribution in [0.15, 0.2) is 54.6 Å². The number of benzene rings is 2. The summed E-state index contributed by atoms with van der Waals surface area (Å²) in [7, 11) is 2.87. The van der Waals surface area contributed by atoms with Crippen molar-refractivity contribution in [3.8, 4) is 11.5 Å². The van der Waals surface area contributed by atoms with E-state index in [1.54, 1.807) is 19.2 Å². The maximum absolute atomic E-state index is 11.7. The van der Waals surface area contributed by atoms with Crippen LogP contribution < -0.4 is 9.47 Å². The molecular formula is C19H17NO4. The molecule has 2 aromatic carbocycles. The van der Waals surface area contributed by atoms with Crippen molar-refractivity contribution >= 4 is 16.9 Å². The van der Waals surface area contributed by atoms with E-state index >= 15 is 0 Å². The van der Waals surface area contributed by atoms with Crippen LogP contribution in [0.1, 0.15) is 16.1 Å². The molecule has 0 saturated heterocycles. The van der Waals surface area contributed by atoms with Crippen LogP contribution in [0.4, 0.5) is 0 Å². The molecule has 5 heteroatoms. The fourth-order valence-corrected chi connectivity index (χ4v) is 2.38. The Morgan fingerprint density at radius 3 is 2.54 bits per heavy atom. The Bertz CT molecular complexity index is 862. The highest BCUT2D eigenvalue weighted by atomic mass is 16.5. The number of carbonyl (C=O) groups excluding carboxylic acids is 1. The van der Waals surface area contributed by atoms with Gasteiger partial charge in [-0.1, -0.05) is 30.3 Å². The molecule has 0 atom stereocenters. The van der Waals surface area contributed by atoms with Gasteiger partial charge < -0.3 is 14.2 Å². The van der Waals surface area contributed by atoms with Crippen molar-refractivity contribution in [2.75, 3.05) is 14.2 Å². The lowest BCUT2D eigenvalue weighted by atomic mass is 10.1. The predicted octanol–water partition coefficient (Wildman–Crippen LogP) is 3.61. The van der Waals surface area contributed by atoms with Gasteiger partial charge in [-0.05, 0) is 23.8 Å². The first kappa shape index (κ1) is 15.8. The van der Waals surface area contributed by atoms with Gasteiger partial charge in [0.2, 0.25) is 0 Å². The zero-order chi connectivity index (χ0) is 16.9. The number of hydrogen-bond acceptors (Lipinski definition) is 5. The topological polar surface area (TPSA) is 57.7 Å². The van der Waals surface area contributed by atoms with Gasteiger partial charge in [-0.25, -0.2) is 9.78 Å². The molecule has 3 rings (SSSR count). The molecule has 0 bridgehead atoms. The molecule has 5 nitrogen and oxygen atoms in total. The van der Waals surface area contributed by atoms with E-state index in [0.29, 0.717) is 23.6 Å². The zero-order valence-corrected chi connectivity index (χ0v) is 13.5. The SMILES string of the molecule is COC(=O)c1cc(OC)c2cc(OCc3ccccc3)ccc2n1. The van der Waals surface area contributed by atoms with Crippen LogP contribution >= 0.6 is 0 Å². The summed E-state index contributed by atoms with van der Waals surface area (Å²) in [4.78, 5) is 16.0. The van der Waals surface area contributed by atoms with Crippen molar-refractivity contribution in [3.63, 3.8) is 0 Å². The maximum atomic E-state index is 11.7. The molecule has 0 unspecified atom stereocenters. The summed E-state index contributed by atoms with van der Waals surface area (Å²) >= 11 is 0. The number of rotatable bonds is 5. The smallest absolute Gasteiger partial charge is 0.356 e. The fourth-order valence-electron chi connectivity index (χ4n) is 2.38. The van der Waals surface area contributed by atoms with Crippen LogP contribution in [0.25, 0.3) is 10.9 Å². The average Bonchev–Trinajstić information content (AvgIpc) is 2.65. The second kappa shape index (κ2) is 7.00. The van der Waals surface area contributed by atoms with Gasteiger partial charge in [0, 0.05) is 11.5 Å². The normalized spacial score (nSPS) is 10.4. The molecule has 24 heavy (non-hydrogen) atoms. The molecule has 0 fully saturated rings. The number of aromatic nitrogens is 1. The quantitative estimate of drug-likeness (QED) is 0.671. The van der Waals surface area contributed by atoms with E-state index in [0.717, 1.165) is 10.9 Å². The molecule has 0 aliphatic heterocycles. The number of nitrogens with zero attached hydrogens (tertiary/aromatic N) is 1. The number of esters is 1. The Balaban J connectivity index is 1.91. The third-order valence-corrected chi connectivity index (χ3v) is 3.60. The second-order valence-corrected chi connectivity index (χ2v) is 5.15. The first-order valence-corrected chi connectivity index (χ1v) is 7.45. The number of hydrogen-bond donors (Lipinski definition) is 0. The van der Waals surface area contributed by atoms with E-state index in [9.17, 15) is 4.79 Å². The van der Waals surface area contributed by atoms with E-state index in [1.165, 1.54) is 7.11 Å². The average molecular weight is 323 g/mol. The van der Waals surface area contributed by atoms with Crippen molar-refractivity contribution in [2.45, 2.75) is 6.61 Å². The van der Waals surface area contributed by atoms with Gasteiger partial charge in [-0.3, -0.25) is 0 Å². The lowest BCUT2D eigenvalue weighted by molar-refractivity contribution is 0.0594. The highest BCUT2D eigenvalue weighted by Gasteiger charge is 2.13. The molecule has 3 aromatic rings. The van der Waals surface area contributed by atoms with Crippen molar-refractivity contribution in [1.82, 2.24) is 4.98 Å². The summed E-state index contributed by atoms with van der Waals surface area (Å²) in [6.45, 7) is 0.475. The third kappa shape index (κ3) is 3.30. The lowest BCUT2D eigenvalue weighted by Crippen LogP contribution is -2.05. The first-order chi connectivity index (χ1) is 11.7. The summed E-state index contributed by atoms with van der Waals surface area (Å²) in [6, 6.07) is 17.0. The Morgan fingerprint density at radius 2 is 1.83 bits per heavy atom. The van der Waals surface area contributed by atoms with Gasteiger partial charge in [0.25, 0.3) is 0 Å².